The number of allylic oxidation sites excluding steroid dienone is 1. The quantitative estimate of drug-likeness (QED) is 0.637. The molecule has 0 fully saturated rings. The first-order chi connectivity index (χ1) is 8.29. The van der Waals surface area contributed by atoms with Gasteiger partial charge in [0.25, 0.3) is 0 Å². The molecule has 110 valence electrons. The minimum atomic E-state index is -0.369. The van der Waals surface area contributed by atoms with Crippen molar-refractivity contribution in [2.75, 3.05) is 0 Å². The Hall–Kier alpha value is -0.340. The second-order valence-corrected chi connectivity index (χ2v) is 5.87. The lowest BCUT2D eigenvalue weighted by molar-refractivity contribution is 0.0848. The van der Waals surface area contributed by atoms with Crippen molar-refractivity contribution in [2.24, 2.45) is 5.41 Å². The van der Waals surface area contributed by atoms with Crippen LogP contribution in [0.3, 0.4) is 0 Å². The molecule has 0 aromatic rings. The van der Waals surface area contributed by atoms with E-state index in [1.165, 1.54) is 12.8 Å². The van der Waals surface area contributed by atoms with Gasteiger partial charge in [0, 0.05) is 0 Å². The van der Waals surface area contributed by atoms with E-state index in [0.717, 1.165) is 19.3 Å². The molecule has 2 atom stereocenters. The van der Waals surface area contributed by atoms with Crippen molar-refractivity contribution in [1.82, 2.24) is 0 Å². The monoisotopic (exact) mass is 258 g/mol. The van der Waals surface area contributed by atoms with Gasteiger partial charge in [-0.3, -0.25) is 0 Å². The maximum atomic E-state index is 9.06. The Morgan fingerprint density at radius 3 is 2.11 bits per heavy atom. The second-order valence-electron chi connectivity index (χ2n) is 5.87. The molecule has 0 spiro atoms. The Balaban J connectivity index is 0. The van der Waals surface area contributed by atoms with Crippen LogP contribution in [-0.4, -0.2) is 22.4 Å². The van der Waals surface area contributed by atoms with E-state index < -0.39 is 0 Å². The summed E-state index contributed by atoms with van der Waals surface area (Å²) in [6.07, 6.45) is 7.29. The summed E-state index contributed by atoms with van der Waals surface area (Å²) in [5.41, 5.74) is 0.522. The lowest BCUT2D eigenvalue weighted by Gasteiger charge is -2.20. The fourth-order valence-electron chi connectivity index (χ4n) is 1.51. The molecule has 0 saturated heterocycles. The SMILES string of the molecule is C=CCCC(C)(C)CC.CCCC(O)CC(C)O. The van der Waals surface area contributed by atoms with E-state index in [-0.39, 0.29) is 12.2 Å². The standard InChI is InChI=1S/C9H18.C7H16O2/c1-5-7-8-9(3,4)6-2;1-3-4-7(9)5-6(2)8/h5H,1,6-8H2,2-4H3;6-9H,3-5H2,1-2H3. The van der Waals surface area contributed by atoms with Gasteiger partial charge in [-0.2, -0.15) is 0 Å². The Morgan fingerprint density at radius 1 is 1.22 bits per heavy atom. The highest BCUT2D eigenvalue weighted by Crippen LogP contribution is 2.25. The van der Waals surface area contributed by atoms with Gasteiger partial charge in [-0.15, -0.1) is 6.58 Å². The van der Waals surface area contributed by atoms with Crippen LogP contribution in [0, 0.1) is 5.41 Å². The van der Waals surface area contributed by atoms with Crippen LogP contribution in [0.1, 0.15) is 73.1 Å². The number of rotatable bonds is 8. The summed E-state index contributed by atoms with van der Waals surface area (Å²) in [6, 6.07) is 0. The zero-order valence-corrected chi connectivity index (χ0v) is 13.1. The van der Waals surface area contributed by atoms with E-state index in [4.69, 9.17) is 10.2 Å². The van der Waals surface area contributed by atoms with E-state index in [9.17, 15) is 0 Å². The lowest BCUT2D eigenvalue weighted by atomic mass is 9.85. The van der Waals surface area contributed by atoms with E-state index in [2.05, 4.69) is 27.4 Å². The molecule has 0 bridgehead atoms. The average Bonchev–Trinajstić information content (AvgIpc) is 2.27. The summed E-state index contributed by atoms with van der Waals surface area (Å²) in [4.78, 5) is 0. The molecular weight excluding hydrogens is 224 g/mol. The van der Waals surface area contributed by atoms with E-state index in [0.29, 0.717) is 11.8 Å². The molecule has 0 aliphatic rings. The lowest BCUT2D eigenvalue weighted by Crippen LogP contribution is -2.13. The zero-order valence-electron chi connectivity index (χ0n) is 13.1. The molecule has 0 radical (unpaired) electrons. The Kier molecular flexibility index (Phi) is 13.0. The maximum Gasteiger partial charge on any atom is 0.0564 e. The molecule has 0 aliphatic carbocycles. The number of aliphatic hydroxyl groups excluding tert-OH is 2. The molecular formula is C16H34O2. The number of hydrogen-bond donors (Lipinski definition) is 2. The fourth-order valence-corrected chi connectivity index (χ4v) is 1.51. The summed E-state index contributed by atoms with van der Waals surface area (Å²) in [5, 5.41) is 17.8. The summed E-state index contributed by atoms with van der Waals surface area (Å²) >= 11 is 0. The van der Waals surface area contributed by atoms with Crippen LogP contribution in [0.4, 0.5) is 0 Å². The van der Waals surface area contributed by atoms with Gasteiger partial charge in [0.2, 0.25) is 0 Å². The number of aliphatic hydroxyl groups is 2. The molecule has 2 unspecified atom stereocenters. The molecule has 0 aliphatic heterocycles. The highest BCUT2D eigenvalue weighted by Gasteiger charge is 2.12. The molecule has 0 saturated carbocycles. The van der Waals surface area contributed by atoms with Crippen LogP contribution in [0.25, 0.3) is 0 Å². The smallest absolute Gasteiger partial charge is 0.0564 e. The van der Waals surface area contributed by atoms with E-state index in [1.54, 1.807) is 6.92 Å². The highest BCUT2D eigenvalue weighted by atomic mass is 16.3. The largest absolute Gasteiger partial charge is 0.393 e. The predicted molar refractivity (Wildman–Crippen MR) is 80.7 cm³/mol. The van der Waals surface area contributed by atoms with Crippen LogP contribution in [0.5, 0.6) is 0 Å². The topological polar surface area (TPSA) is 40.5 Å². The fraction of sp³-hybridized carbons (Fsp3) is 0.875. The van der Waals surface area contributed by atoms with Crippen molar-refractivity contribution in [3.05, 3.63) is 12.7 Å². The third-order valence-corrected chi connectivity index (χ3v) is 3.22. The summed E-state index contributed by atoms with van der Waals surface area (Å²) in [5.74, 6) is 0. The number of hydrogen-bond acceptors (Lipinski definition) is 2. The minimum absolute atomic E-state index is 0.310. The summed E-state index contributed by atoms with van der Waals surface area (Å²) in [7, 11) is 0. The van der Waals surface area contributed by atoms with Gasteiger partial charge in [-0.1, -0.05) is 46.6 Å². The molecule has 2 nitrogen and oxygen atoms in total. The predicted octanol–water partition coefficient (Wildman–Crippen LogP) is 4.31. The van der Waals surface area contributed by atoms with Crippen molar-refractivity contribution in [1.29, 1.82) is 0 Å². The first kappa shape index (κ1) is 20.0. The van der Waals surface area contributed by atoms with Gasteiger partial charge in [-0.05, 0) is 38.0 Å². The van der Waals surface area contributed by atoms with Crippen molar-refractivity contribution in [3.63, 3.8) is 0 Å². The molecule has 2 heteroatoms. The first-order valence-corrected chi connectivity index (χ1v) is 7.26. The normalized spacial score (nSPS) is 14.4. The van der Waals surface area contributed by atoms with Gasteiger partial charge in [0.15, 0.2) is 0 Å². The molecule has 0 rings (SSSR count). The molecule has 0 heterocycles. The molecule has 0 aromatic heterocycles. The van der Waals surface area contributed by atoms with Gasteiger partial charge in [-0.25, -0.2) is 0 Å². The molecule has 18 heavy (non-hydrogen) atoms. The second kappa shape index (κ2) is 11.7. The molecule has 0 aromatic carbocycles. The van der Waals surface area contributed by atoms with Gasteiger partial charge in [0.1, 0.15) is 0 Å². The molecule has 2 N–H and O–H groups in total. The zero-order chi connectivity index (χ0) is 14.6. The van der Waals surface area contributed by atoms with Crippen molar-refractivity contribution < 1.29 is 10.2 Å². The Morgan fingerprint density at radius 2 is 1.78 bits per heavy atom. The van der Waals surface area contributed by atoms with Crippen molar-refractivity contribution >= 4 is 0 Å². The molecule has 0 amide bonds. The Bertz CT molecular complexity index is 186. The van der Waals surface area contributed by atoms with Crippen molar-refractivity contribution in [2.45, 2.75) is 85.4 Å². The van der Waals surface area contributed by atoms with Crippen LogP contribution >= 0.6 is 0 Å². The van der Waals surface area contributed by atoms with E-state index >= 15 is 0 Å². The van der Waals surface area contributed by atoms with Gasteiger partial charge >= 0.3 is 0 Å². The Labute approximate surface area is 114 Å². The van der Waals surface area contributed by atoms with Crippen LogP contribution in [0.2, 0.25) is 0 Å². The third kappa shape index (κ3) is 15.7. The third-order valence-electron chi connectivity index (χ3n) is 3.22. The van der Waals surface area contributed by atoms with Crippen molar-refractivity contribution in [3.8, 4) is 0 Å². The summed E-state index contributed by atoms with van der Waals surface area (Å²) < 4.78 is 0. The van der Waals surface area contributed by atoms with Crippen LogP contribution in [-0.2, 0) is 0 Å². The van der Waals surface area contributed by atoms with E-state index in [1.807, 2.05) is 13.0 Å². The highest BCUT2D eigenvalue weighted by molar-refractivity contribution is 4.73. The average molecular weight is 258 g/mol. The summed E-state index contributed by atoms with van der Waals surface area (Å²) in [6.45, 7) is 14.3. The maximum absolute atomic E-state index is 9.06. The van der Waals surface area contributed by atoms with Crippen LogP contribution < -0.4 is 0 Å². The van der Waals surface area contributed by atoms with Crippen LogP contribution in [0.15, 0.2) is 12.7 Å². The minimum Gasteiger partial charge on any atom is -0.393 e. The van der Waals surface area contributed by atoms with Gasteiger partial charge in [0.05, 0.1) is 12.2 Å². The first-order valence-electron chi connectivity index (χ1n) is 7.26. The van der Waals surface area contributed by atoms with Gasteiger partial charge < -0.3 is 10.2 Å².